The molecular weight excluding hydrogens is 785 g/mol. The summed E-state index contributed by atoms with van der Waals surface area (Å²) in [5.74, 6) is 1.45. The highest BCUT2D eigenvalue weighted by molar-refractivity contribution is 5.88. The maximum Gasteiger partial charge on any atom is 0.407 e. The van der Waals surface area contributed by atoms with Crippen LogP contribution in [0.2, 0.25) is 0 Å². The highest BCUT2D eigenvalue weighted by Crippen LogP contribution is 2.50. The van der Waals surface area contributed by atoms with E-state index in [0.717, 1.165) is 90.0 Å². The van der Waals surface area contributed by atoms with Crippen LogP contribution >= 0.6 is 0 Å². The Balaban J connectivity index is 0.920. The minimum absolute atomic E-state index is 0.0834. The molecule has 9 rings (SSSR count). The van der Waals surface area contributed by atoms with Gasteiger partial charge in [-0.3, -0.25) is 9.59 Å². The predicted molar refractivity (Wildman–Crippen MR) is 235 cm³/mol. The number of hydrogen-bond donors (Lipinski definition) is 4. The lowest BCUT2D eigenvalue weighted by Gasteiger charge is -2.37. The van der Waals surface area contributed by atoms with Crippen molar-refractivity contribution in [1.82, 2.24) is 40.4 Å². The fourth-order valence-electron chi connectivity index (χ4n) is 10.5. The van der Waals surface area contributed by atoms with E-state index in [9.17, 15) is 19.2 Å². The van der Waals surface area contributed by atoms with Crippen molar-refractivity contribution in [2.24, 2.45) is 17.8 Å². The van der Waals surface area contributed by atoms with Gasteiger partial charge in [0.05, 0.1) is 49.2 Å². The number of benzene rings is 3. The highest BCUT2D eigenvalue weighted by Gasteiger charge is 2.51. The normalized spacial score (nSPS) is 21.2. The van der Waals surface area contributed by atoms with Gasteiger partial charge in [0.1, 0.15) is 23.7 Å². The van der Waals surface area contributed by atoms with Crippen molar-refractivity contribution < 1.29 is 28.7 Å². The molecule has 4 N–H and O–H groups in total. The number of nitrogens with zero attached hydrogens (tertiary/aromatic N) is 4. The zero-order chi connectivity index (χ0) is 43.4. The van der Waals surface area contributed by atoms with Crippen LogP contribution in [-0.2, 0) is 31.9 Å². The molecule has 2 bridgehead atoms. The molecule has 62 heavy (non-hydrogen) atoms. The van der Waals surface area contributed by atoms with Gasteiger partial charge in [0.2, 0.25) is 11.8 Å². The Bertz CT molecular complexity index is 2540. The molecule has 324 valence electrons. The van der Waals surface area contributed by atoms with Crippen molar-refractivity contribution in [3.05, 3.63) is 83.6 Å². The lowest BCUT2D eigenvalue weighted by atomic mass is 9.83. The molecule has 3 fully saturated rings. The number of imidazole rings is 2. The van der Waals surface area contributed by atoms with Crippen molar-refractivity contribution in [1.29, 1.82) is 0 Å². The first-order chi connectivity index (χ1) is 29.9. The molecule has 3 aromatic carbocycles. The van der Waals surface area contributed by atoms with Crippen molar-refractivity contribution in [3.8, 4) is 33.5 Å². The number of aromatic nitrogens is 4. The number of H-pyrrole nitrogens is 2. The van der Waals surface area contributed by atoms with Crippen LogP contribution in [0.15, 0.2) is 60.8 Å². The van der Waals surface area contributed by atoms with Gasteiger partial charge < -0.3 is 39.9 Å². The van der Waals surface area contributed by atoms with Crippen LogP contribution < -0.4 is 10.6 Å². The van der Waals surface area contributed by atoms with E-state index in [1.54, 1.807) is 0 Å². The fraction of sp³-hybridized carbons (Fsp3) is 0.458. The molecule has 1 saturated carbocycles. The summed E-state index contributed by atoms with van der Waals surface area (Å²) in [6, 6.07) is 18.1. The summed E-state index contributed by atoms with van der Waals surface area (Å²) in [6.07, 6.45) is 7.04. The molecule has 2 aliphatic heterocycles. The molecule has 4 amide bonds. The monoisotopic (exact) mass is 840 g/mol. The molecule has 5 aromatic rings. The summed E-state index contributed by atoms with van der Waals surface area (Å²) in [5, 5.41) is 5.50. The minimum Gasteiger partial charge on any atom is -0.453 e. The molecule has 6 atom stereocenters. The van der Waals surface area contributed by atoms with E-state index in [1.165, 1.54) is 36.5 Å². The number of carbonyl (C=O) groups is 4. The summed E-state index contributed by atoms with van der Waals surface area (Å²) in [6.45, 7) is 8.31. The molecule has 0 spiro atoms. The topological polar surface area (TPSA) is 175 Å². The third kappa shape index (κ3) is 7.47. The molecule has 4 heterocycles. The molecule has 4 aliphatic rings. The van der Waals surface area contributed by atoms with Crippen LogP contribution in [0.5, 0.6) is 0 Å². The summed E-state index contributed by atoms with van der Waals surface area (Å²) in [5.41, 5.74) is 11.0. The Labute approximate surface area is 361 Å². The molecule has 14 nitrogen and oxygen atoms in total. The number of aromatic amines is 2. The number of carbonyl (C=O) groups excluding carboxylic acids is 4. The molecule has 14 heteroatoms. The number of rotatable bonds is 10. The summed E-state index contributed by atoms with van der Waals surface area (Å²) >= 11 is 0. The first-order valence-corrected chi connectivity index (χ1v) is 22.1. The Morgan fingerprint density at radius 1 is 0.742 bits per heavy atom. The number of piperidine rings is 1. The van der Waals surface area contributed by atoms with E-state index in [2.05, 4.69) is 75.2 Å². The van der Waals surface area contributed by atoms with Gasteiger partial charge >= 0.3 is 12.2 Å². The van der Waals surface area contributed by atoms with E-state index in [-0.39, 0.29) is 41.8 Å². The van der Waals surface area contributed by atoms with Gasteiger partial charge in [0.25, 0.3) is 0 Å². The second-order valence-corrected chi connectivity index (χ2v) is 18.1. The average molecular weight is 841 g/mol. The third-order valence-electron chi connectivity index (χ3n) is 13.7. The van der Waals surface area contributed by atoms with Gasteiger partial charge in [0, 0.05) is 12.6 Å². The average Bonchev–Trinajstić information content (AvgIpc) is 4.14. The zero-order valence-electron chi connectivity index (χ0n) is 36.3. The largest absolute Gasteiger partial charge is 0.453 e. The zero-order valence-corrected chi connectivity index (χ0v) is 36.3. The van der Waals surface area contributed by atoms with Crippen LogP contribution in [0.25, 0.3) is 44.5 Å². The van der Waals surface area contributed by atoms with Crippen molar-refractivity contribution in [2.45, 2.75) is 103 Å². The van der Waals surface area contributed by atoms with Gasteiger partial charge in [-0.2, -0.15) is 0 Å². The molecule has 2 aromatic heterocycles. The minimum atomic E-state index is -0.683. The number of hydrogen-bond acceptors (Lipinski definition) is 8. The van der Waals surface area contributed by atoms with Crippen molar-refractivity contribution in [2.75, 3.05) is 20.8 Å². The maximum atomic E-state index is 14.1. The van der Waals surface area contributed by atoms with Crippen molar-refractivity contribution in [3.63, 3.8) is 0 Å². The number of alkyl carbamates (subject to hydrolysis) is 2. The summed E-state index contributed by atoms with van der Waals surface area (Å²) < 4.78 is 9.64. The molecule has 1 unspecified atom stereocenters. The smallest absolute Gasteiger partial charge is 0.407 e. The standard InChI is InChI=1S/C48H56N8O6/c1-25(2)40(53-47(59)61-5)45(57)55-19-7-8-39(55)43-49-24-38(52-43)31-13-17-35-30(21-31)10-9-29-20-27(12-16-34(29)35)28-14-18-36-37(23-28)51-44(50-36)42-32-11-15-33(22-32)56(42)46(58)41(26(3)4)54-48(60)62-6/h12-14,16-18,20-21,23-26,32-33,39-42H,7-11,15,19,22H2,1-6H3,(H,49,52)(H,50,51)(H,53,59)(H,54,60)/t32?,33-,39+,40+,41+,42+/m1/s1. The van der Waals surface area contributed by atoms with Gasteiger partial charge in [-0.1, -0.05) is 64.1 Å². The van der Waals surface area contributed by atoms with Crippen LogP contribution in [0.1, 0.15) is 94.7 Å². The Morgan fingerprint density at radius 3 is 2.05 bits per heavy atom. The quantitative estimate of drug-likeness (QED) is 0.110. The molecule has 2 saturated heterocycles. The van der Waals surface area contributed by atoms with Gasteiger partial charge in [-0.15, -0.1) is 0 Å². The second kappa shape index (κ2) is 16.6. The van der Waals surface area contributed by atoms with Crippen molar-refractivity contribution >= 4 is 35.0 Å². The number of aryl methyl sites for hydroxylation is 2. The number of likely N-dealkylation sites (tertiary alicyclic amines) is 2. The van der Waals surface area contributed by atoms with Crippen LogP contribution in [0.4, 0.5) is 9.59 Å². The van der Waals surface area contributed by atoms with E-state index in [4.69, 9.17) is 19.4 Å². The Kier molecular flexibility index (Phi) is 11.0. The number of amides is 4. The fourth-order valence-corrected chi connectivity index (χ4v) is 10.5. The van der Waals surface area contributed by atoms with Crippen LogP contribution in [-0.4, -0.2) is 92.6 Å². The molecule has 0 radical (unpaired) electrons. The Morgan fingerprint density at radius 2 is 1.37 bits per heavy atom. The first-order valence-electron chi connectivity index (χ1n) is 22.1. The second-order valence-electron chi connectivity index (χ2n) is 18.1. The van der Waals surface area contributed by atoms with Gasteiger partial charge in [-0.25, -0.2) is 19.6 Å². The third-order valence-corrected chi connectivity index (χ3v) is 13.7. The van der Waals surface area contributed by atoms with Gasteiger partial charge in [-0.05, 0) is 120 Å². The summed E-state index contributed by atoms with van der Waals surface area (Å²) in [4.78, 5) is 72.7. The number of methoxy groups -OCH3 is 2. The van der Waals surface area contributed by atoms with E-state index in [1.807, 2.05) is 43.7 Å². The SMILES string of the molecule is COC(=O)N[C@H](C(=O)N1CCC[C@H]1c1ncc(-c2ccc3c(c2)CCc2cc(-c4ccc5nc([C@@H]6C7CC[C@H](C7)N6C(=O)[C@@H](NC(=O)OC)C(C)C)[nH]c5c4)ccc2-3)[nH]1)C(C)C. The summed E-state index contributed by atoms with van der Waals surface area (Å²) in [7, 11) is 2.61. The van der Waals surface area contributed by atoms with E-state index in [0.29, 0.717) is 12.5 Å². The number of nitrogens with one attached hydrogen (secondary N) is 4. The first kappa shape index (κ1) is 41.2. The maximum absolute atomic E-state index is 14.1. The van der Waals surface area contributed by atoms with E-state index < -0.39 is 24.3 Å². The van der Waals surface area contributed by atoms with Gasteiger partial charge in [0.15, 0.2) is 0 Å². The van der Waals surface area contributed by atoms with Crippen LogP contribution in [0, 0.1) is 17.8 Å². The van der Waals surface area contributed by atoms with Crippen LogP contribution in [0.3, 0.4) is 0 Å². The Hall–Kier alpha value is -6.18. The number of fused-ring (bicyclic) bond motifs is 6. The highest BCUT2D eigenvalue weighted by atomic mass is 16.5. The lowest BCUT2D eigenvalue weighted by Crippen LogP contribution is -2.54. The molecule has 2 aliphatic carbocycles. The lowest BCUT2D eigenvalue weighted by molar-refractivity contribution is -0.139. The predicted octanol–water partition coefficient (Wildman–Crippen LogP) is 7.86. The molecular formula is C48H56N8O6. The van der Waals surface area contributed by atoms with E-state index >= 15 is 0 Å². The number of ether oxygens (including phenoxy) is 2.